The fourth-order valence-electron chi connectivity index (χ4n) is 1.45. The highest BCUT2D eigenvalue weighted by Gasteiger charge is 2.19. The van der Waals surface area contributed by atoms with Gasteiger partial charge < -0.3 is 9.73 Å². The van der Waals surface area contributed by atoms with Gasteiger partial charge in [0.05, 0.1) is 0 Å². The molecule has 1 amide bonds. The molecule has 0 unspecified atom stereocenters. The molecule has 2 rings (SSSR count). The zero-order valence-electron chi connectivity index (χ0n) is 10.4. The van der Waals surface area contributed by atoms with Crippen molar-refractivity contribution in [3.05, 3.63) is 46.6 Å². The minimum Gasteiger partial charge on any atom is -0.438 e. The van der Waals surface area contributed by atoms with Gasteiger partial charge in [-0.25, -0.2) is 13.1 Å². The molecule has 0 aliphatic heterocycles. The van der Waals surface area contributed by atoms with E-state index in [1.165, 1.54) is 19.2 Å². The molecule has 0 saturated carbocycles. The summed E-state index contributed by atoms with van der Waals surface area (Å²) in [4.78, 5) is 11.9. The summed E-state index contributed by atoms with van der Waals surface area (Å²) in [5, 5.41) is 2.30. The highest BCUT2D eigenvalue weighted by Crippen LogP contribution is 2.18. The van der Waals surface area contributed by atoms with Gasteiger partial charge in [-0.3, -0.25) is 4.79 Å². The van der Waals surface area contributed by atoms with Crippen molar-refractivity contribution >= 4 is 37.5 Å². The van der Waals surface area contributed by atoms with E-state index in [2.05, 4.69) is 26.0 Å². The lowest BCUT2D eigenvalue weighted by molar-refractivity contribution is 0.0991. The second-order valence-electron chi connectivity index (χ2n) is 3.79. The number of amides is 1. The van der Waals surface area contributed by atoms with E-state index in [4.69, 9.17) is 4.42 Å². The molecule has 20 heavy (non-hydrogen) atoms. The Morgan fingerprint density at radius 3 is 2.65 bits per heavy atom. The molecule has 106 valence electrons. The number of halogens is 1. The van der Waals surface area contributed by atoms with Crippen LogP contribution in [-0.4, -0.2) is 21.4 Å². The quantitative estimate of drug-likeness (QED) is 0.876. The normalized spacial score (nSPS) is 11.3. The maximum Gasteiger partial charge on any atom is 0.291 e. The minimum absolute atomic E-state index is 0.0844. The van der Waals surface area contributed by atoms with Crippen LogP contribution in [0.5, 0.6) is 0 Å². The molecule has 1 aromatic heterocycles. The predicted octanol–water partition coefficient (Wildman–Crippen LogP) is 2.20. The van der Waals surface area contributed by atoms with Gasteiger partial charge in [0.25, 0.3) is 15.9 Å². The molecule has 0 atom stereocenters. The van der Waals surface area contributed by atoms with Crippen molar-refractivity contribution < 1.29 is 17.6 Å². The van der Waals surface area contributed by atoms with E-state index in [1.54, 1.807) is 18.2 Å². The number of rotatable bonds is 4. The van der Waals surface area contributed by atoms with Crippen LogP contribution in [0.4, 0.5) is 5.69 Å². The monoisotopic (exact) mass is 358 g/mol. The van der Waals surface area contributed by atoms with E-state index < -0.39 is 15.9 Å². The molecule has 0 aliphatic rings. The lowest BCUT2D eigenvalue weighted by atomic mass is 10.3. The Morgan fingerprint density at radius 2 is 2.00 bits per heavy atom. The van der Waals surface area contributed by atoms with Crippen molar-refractivity contribution in [2.75, 3.05) is 12.4 Å². The van der Waals surface area contributed by atoms with E-state index in [0.717, 1.165) is 4.47 Å². The van der Waals surface area contributed by atoms with Crippen molar-refractivity contribution in [1.29, 1.82) is 0 Å². The molecule has 1 aromatic carbocycles. The van der Waals surface area contributed by atoms with Gasteiger partial charge in [0, 0.05) is 10.2 Å². The van der Waals surface area contributed by atoms with E-state index in [1.807, 2.05) is 6.07 Å². The third kappa shape index (κ3) is 3.27. The predicted molar refractivity (Wildman–Crippen MR) is 77.0 cm³/mol. The number of anilines is 1. The molecule has 2 N–H and O–H groups in total. The van der Waals surface area contributed by atoms with Crippen LogP contribution in [0.2, 0.25) is 0 Å². The van der Waals surface area contributed by atoms with Crippen LogP contribution in [0.3, 0.4) is 0 Å². The number of furan rings is 1. The third-order valence-electron chi connectivity index (χ3n) is 2.42. The van der Waals surface area contributed by atoms with Crippen LogP contribution in [0.25, 0.3) is 0 Å². The topological polar surface area (TPSA) is 88.4 Å². The Balaban J connectivity index is 2.19. The molecule has 0 radical (unpaired) electrons. The number of sulfonamides is 1. The molecular weight excluding hydrogens is 348 g/mol. The zero-order valence-corrected chi connectivity index (χ0v) is 12.8. The first-order chi connectivity index (χ1) is 9.42. The summed E-state index contributed by atoms with van der Waals surface area (Å²) in [6.45, 7) is 0. The number of carbonyl (C=O) groups excluding carboxylic acids is 1. The van der Waals surface area contributed by atoms with Crippen molar-refractivity contribution in [1.82, 2.24) is 4.72 Å². The fourth-order valence-corrected chi connectivity index (χ4v) is 2.49. The molecule has 0 aliphatic carbocycles. The zero-order chi connectivity index (χ0) is 14.8. The number of carbonyl (C=O) groups is 1. The van der Waals surface area contributed by atoms with Crippen LogP contribution in [0, 0.1) is 0 Å². The number of benzene rings is 1. The molecule has 0 spiro atoms. The average Bonchev–Trinajstić information content (AvgIpc) is 2.89. The highest BCUT2D eigenvalue weighted by atomic mass is 79.9. The summed E-state index contributed by atoms with van der Waals surface area (Å²) >= 11 is 3.29. The molecule has 8 heteroatoms. The number of nitrogens with one attached hydrogen (secondary N) is 2. The Hall–Kier alpha value is -1.64. The molecule has 2 aromatic rings. The maximum absolute atomic E-state index is 11.9. The molecule has 1 heterocycles. The van der Waals surface area contributed by atoms with Crippen LogP contribution >= 0.6 is 15.9 Å². The van der Waals surface area contributed by atoms with Gasteiger partial charge in [0.15, 0.2) is 5.76 Å². The van der Waals surface area contributed by atoms with Crippen LogP contribution < -0.4 is 10.0 Å². The second-order valence-corrected chi connectivity index (χ2v) is 6.52. The Kier molecular flexibility index (Phi) is 4.26. The Labute approximate surface area is 124 Å². The van der Waals surface area contributed by atoms with Crippen molar-refractivity contribution in [2.24, 2.45) is 0 Å². The van der Waals surface area contributed by atoms with Crippen molar-refractivity contribution in [3.63, 3.8) is 0 Å². The number of hydrogen-bond donors (Lipinski definition) is 2. The summed E-state index contributed by atoms with van der Waals surface area (Å²) in [6, 6.07) is 9.53. The van der Waals surface area contributed by atoms with Gasteiger partial charge in [0.1, 0.15) is 0 Å². The SMILES string of the molecule is CNS(=O)(=O)c1ccc(C(=O)Nc2cccc(Br)c2)o1. The maximum atomic E-state index is 11.9. The van der Waals surface area contributed by atoms with Crippen molar-refractivity contribution in [2.45, 2.75) is 5.09 Å². The Morgan fingerprint density at radius 1 is 1.25 bits per heavy atom. The molecule has 6 nitrogen and oxygen atoms in total. The summed E-state index contributed by atoms with van der Waals surface area (Å²) in [5.41, 5.74) is 0.568. The third-order valence-corrected chi connectivity index (χ3v) is 4.20. The van der Waals surface area contributed by atoms with Gasteiger partial charge in [-0.05, 0) is 37.4 Å². The lowest BCUT2D eigenvalue weighted by Gasteiger charge is -2.03. The van der Waals surface area contributed by atoms with Gasteiger partial charge in [-0.15, -0.1) is 0 Å². The number of hydrogen-bond acceptors (Lipinski definition) is 4. The van der Waals surface area contributed by atoms with Gasteiger partial charge in [-0.1, -0.05) is 22.0 Å². The first-order valence-corrected chi connectivity index (χ1v) is 7.80. The van der Waals surface area contributed by atoms with Crippen LogP contribution in [0.15, 0.2) is 50.4 Å². The first kappa shape index (κ1) is 14.8. The van der Waals surface area contributed by atoms with Crippen LogP contribution in [-0.2, 0) is 10.0 Å². The second kappa shape index (κ2) is 5.78. The van der Waals surface area contributed by atoms with E-state index in [9.17, 15) is 13.2 Å². The first-order valence-electron chi connectivity index (χ1n) is 5.52. The van der Waals surface area contributed by atoms with E-state index in [-0.39, 0.29) is 10.9 Å². The smallest absolute Gasteiger partial charge is 0.291 e. The summed E-state index contributed by atoms with van der Waals surface area (Å²) in [7, 11) is -2.43. The van der Waals surface area contributed by atoms with Crippen molar-refractivity contribution in [3.8, 4) is 0 Å². The fraction of sp³-hybridized carbons (Fsp3) is 0.0833. The summed E-state index contributed by atoms with van der Waals surface area (Å²) in [5.74, 6) is -0.612. The largest absolute Gasteiger partial charge is 0.438 e. The summed E-state index contributed by atoms with van der Waals surface area (Å²) < 4.78 is 30.9. The van der Waals surface area contributed by atoms with Crippen LogP contribution in [0.1, 0.15) is 10.6 Å². The molecule has 0 bridgehead atoms. The highest BCUT2D eigenvalue weighted by molar-refractivity contribution is 9.10. The van der Waals surface area contributed by atoms with E-state index in [0.29, 0.717) is 5.69 Å². The van der Waals surface area contributed by atoms with Gasteiger partial charge in [0.2, 0.25) is 5.09 Å². The lowest BCUT2D eigenvalue weighted by Crippen LogP contribution is -2.18. The van der Waals surface area contributed by atoms with Gasteiger partial charge >= 0.3 is 0 Å². The average molecular weight is 359 g/mol. The van der Waals surface area contributed by atoms with E-state index >= 15 is 0 Å². The minimum atomic E-state index is -3.69. The van der Waals surface area contributed by atoms with Gasteiger partial charge in [-0.2, -0.15) is 0 Å². The molecular formula is C12H11BrN2O4S. The molecule has 0 fully saturated rings. The molecule has 0 saturated heterocycles. The standard InChI is InChI=1S/C12H11BrN2O4S/c1-14-20(17,18)11-6-5-10(19-11)12(16)15-9-4-2-3-8(13)7-9/h2-7,14H,1H3,(H,15,16). The Bertz CT molecular complexity index is 739. The summed E-state index contributed by atoms with van der Waals surface area (Å²) in [6.07, 6.45) is 0.